The normalized spacial score (nSPS) is 19.1. The molecule has 1 amide bonds. The van der Waals surface area contributed by atoms with Crippen LogP contribution in [0.1, 0.15) is 92.7 Å². The number of rotatable bonds is 18. The van der Waals surface area contributed by atoms with Crippen LogP contribution in [0.4, 0.5) is 4.79 Å². The Morgan fingerprint density at radius 1 is 0.896 bits per heavy atom. The van der Waals surface area contributed by atoms with E-state index >= 15 is 0 Å². The Morgan fingerprint density at radius 2 is 1.58 bits per heavy atom. The highest BCUT2D eigenvalue weighted by Crippen LogP contribution is 2.42. The van der Waals surface area contributed by atoms with E-state index in [0.717, 1.165) is 37.0 Å². The van der Waals surface area contributed by atoms with E-state index in [9.17, 15) is 4.79 Å². The Balaban J connectivity index is 1.88. The maximum absolute atomic E-state index is 13.9. The third-order valence-electron chi connectivity index (χ3n) is 9.26. The molecule has 0 spiro atoms. The minimum absolute atomic E-state index is 0.166. The molecule has 8 heteroatoms. The van der Waals surface area contributed by atoms with Gasteiger partial charge in [0.1, 0.15) is 11.3 Å². The van der Waals surface area contributed by atoms with E-state index in [-0.39, 0.29) is 30.1 Å². The summed E-state index contributed by atoms with van der Waals surface area (Å²) in [7, 11) is 3.36. The minimum atomic E-state index is -0.824. The number of ether oxygens (including phenoxy) is 6. The fraction of sp³-hybridized carbons (Fsp3) is 0.675. The highest BCUT2D eigenvalue weighted by Gasteiger charge is 2.52. The zero-order chi connectivity index (χ0) is 35.5. The molecule has 2 aromatic carbocycles. The second-order valence-electron chi connectivity index (χ2n) is 15.4. The van der Waals surface area contributed by atoms with Crippen LogP contribution in [0.3, 0.4) is 0 Å². The molecule has 1 saturated heterocycles. The second-order valence-corrected chi connectivity index (χ2v) is 15.4. The first-order valence-electron chi connectivity index (χ1n) is 17.8. The number of carbonyl (C=O) groups excluding carboxylic acids is 1. The lowest BCUT2D eigenvalue weighted by atomic mass is 9.80. The predicted molar refractivity (Wildman–Crippen MR) is 191 cm³/mol. The number of carbonyl (C=O) groups is 1. The van der Waals surface area contributed by atoms with Crippen molar-refractivity contribution in [1.29, 1.82) is 0 Å². The van der Waals surface area contributed by atoms with Crippen LogP contribution in [0, 0.1) is 23.7 Å². The SMILES string of the molecule is COCCCOc1cc(CC(CC2C(CC(COCc3ccccc3)C(C)C)OC(C)(C)N2C(=O)OC(C)(C)C)C(C)C)ccc1OC. The fourth-order valence-corrected chi connectivity index (χ4v) is 6.48. The van der Waals surface area contributed by atoms with Crippen molar-refractivity contribution in [3.8, 4) is 11.5 Å². The first-order valence-corrected chi connectivity index (χ1v) is 17.8. The van der Waals surface area contributed by atoms with Crippen LogP contribution in [-0.4, -0.2) is 68.5 Å². The molecule has 1 fully saturated rings. The van der Waals surface area contributed by atoms with Gasteiger partial charge in [0.25, 0.3) is 0 Å². The molecule has 1 aliphatic heterocycles. The number of nitrogens with zero attached hydrogens (tertiary/aromatic N) is 1. The van der Waals surface area contributed by atoms with Crippen molar-refractivity contribution in [3.63, 3.8) is 0 Å². The van der Waals surface area contributed by atoms with Gasteiger partial charge in [-0.2, -0.15) is 0 Å². The molecule has 4 unspecified atom stereocenters. The molecule has 0 N–H and O–H groups in total. The highest BCUT2D eigenvalue weighted by atomic mass is 16.6. The van der Waals surface area contributed by atoms with Crippen molar-refractivity contribution >= 4 is 6.09 Å². The Kier molecular flexibility index (Phi) is 15.1. The van der Waals surface area contributed by atoms with Gasteiger partial charge in [0, 0.05) is 20.1 Å². The Labute approximate surface area is 290 Å². The molecule has 0 aliphatic carbocycles. The molecule has 8 nitrogen and oxygen atoms in total. The van der Waals surface area contributed by atoms with Crippen molar-refractivity contribution in [2.24, 2.45) is 23.7 Å². The quantitative estimate of drug-likeness (QED) is 0.147. The molecule has 0 saturated carbocycles. The van der Waals surface area contributed by atoms with Crippen LogP contribution in [0.2, 0.25) is 0 Å². The number of amides is 1. The van der Waals surface area contributed by atoms with E-state index in [1.54, 1.807) is 14.2 Å². The average Bonchev–Trinajstić information content (AvgIpc) is 3.26. The largest absolute Gasteiger partial charge is 0.493 e. The lowest BCUT2D eigenvalue weighted by molar-refractivity contribution is -0.0853. The topological polar surface area (TPSA) is 75.7 Å². The first-order chi connectivity index (χ1) is 22.6. The number of hydrogen-bond acceptors (Lipinski definition) is 7. The Morgan fingerprint density at radius 3 is 2.19 bits per heavy atom. The molecule has 48 heavy (non-hydrogen) atoms. The van der Waals surface area contributed by atoms with Crippen LogP contribution in [0.25, 0.3) is 0 Å². The lowest BCUT2D eigenvalue weighted by Crippen LogP contribution is -2.51. The average molecular weight is 670 g/mol. The standard InChI is InChI=1S/C40H63NO7/c1-28(2)32(22-31-18-19-35(44-11)37(23-31)46-21-15-20-43-10)24-34-36(47-40(8,9)41(34)38(42)48-39(5,6)7)25-33(29(3)4)27-45-26-30-16-13-12-14-17-30/h12-14,16-19,23,28-29,32-34,36H,15,20-22,24-27H2,1-11H3. The van der Waals surface area contributed by atoms with Gasteiger partial charge in [0.15, 0.2) is 11.5 Å². The van der Waals surface area contributed by atoms with Gasteiger partial charge in [0.2, 0.25) is 0 Å². The third kappa shape index (κ3) is 12.0. The molecule has 2 aromatic rings. The van der Waals surface area contributed by atoms with Gasteiger partial charge in [-0.1, -0.05) is 64.1 Å². The van der Waals surface area contributed by atoms with Crippen molar-refractivity contribution in [1.82, 2.24) is 4.90 Å². The maximum Gasteiger partial charge on any atom is 0.412 e. The summed E-state index contributed by atoms with van der Waals surface area (Å²) in [5, 5.41) is 0. The van der Waals surface area contributed by atoms with Crippen LogP contribution in [0.5, 0.6) is 11.5 Å². The fourth-order valence-electron chi connectivity index (χ4n) is 6.48. The molecular formula is C40H63NO7. The number of methoxy groups -OCH3 is 2. The first kappa shape index (κ1) is 39.6. The zero-order valence-corrected chi connectivity index (χ0v) is 31.5. The smallest absolute Gasteiger partial charge is 0.412 e. The summed E-state index contributed by atoms with van der Waals surface area (Å²) in [5.41, 5.74) is 0.884. The Bertz CT molecular complexity index is 1240. The van der Waals surface area contributed by atoms with E-state index < -0.39 is 11.3 Å². The predicted octanol–water partition coefficient (Wildman–Crippen LogP) is 8.94. The van der Waals surface area contributed by atoms with E-state index in [0.29, 0.717) is 44.0 Å². The molecular weight excluding hydrogens is 606 g/mol. The minimum Gasteiger partial charge on any atom is -0.493 e. The molecule has 0 bridgehead atoms. The second kappa shape index (κ2) is 18.3. The molecule has 1 aliphatic rings. The van der Waals surface area contributed by atoms with Gasteiger partial charge in [-0.15, -0.1) is 0 Å². The van der Waals surface area contributed by atoms with E-state index in [4.69, 9.17) is 28.4 Å². The van der Waals surface area contributed by atoms with E-state index in [2.05, 4.69) is 52.0 Å². The summed E-state index contributed by atoms with van der Waals surface area (Å²) >= 11 is 0. The Hall–Kier alpha value is -2.81. The van der Waals surface area contributed by atoms with Crippen LogP contribution < -0.4 is 9.47 Å². The summed E-state index contributed by atoms with van der Waals surface area (Å²) in [4.78, 5) is 15.8. The highest BCUT2D eigenvalue weighted by molar-refractivity contribution is 5.70. The van der Waals surface area contributed by atoms with E-state index in [1.165, 1.54) is 5.56 Å². The van der Waals surface area contributed by atoms with Crippen molar-refractivity contribution in [2.45, 2.75) is 118 Å². The summed E-state index contributed by atoms with van der Waals surface area (Å²) < 4.78 is 36.0. The van der Waals surface area contributed by atoms with Crippen LogP contribution in [-0.2, 0) is 32.0 Å². The summed E-state index contributed by atoms with van der Waals surface area (Å²) in [6, 6.07) is 16.3. The van der Waals surface area contributed by atoms with Crippen LogP contribution >= 0.6 is 0 Å². The lowest BCUT2D eigenvalue weighted by Gasteiger charge is -2.37. The van der Waals surface area contributed by atoms with Crippen molar-refractivity contribution < 1.29 is 33.2 Å². The van der Waals surface area contributed by atoms with E-state index in [1.807, 2.05) is 63.8 Å². The number of hydrogen-bond donors (Lipinski definition) is 0. The summed E-state index contributed by atoms with van der Waals surface area (Å²) in [6.07, 6.45) is 2.68. The van der Waals surface area contributed by atoms with Crippen molar-refractivity contribution in [3.05, 3.63) is 59.7 Å². The monoisotopic (exact) mass is 669 g/mol. The third-order valence-corrected chi connectivity index (χ3v) is 9.26. The van der Waals surface area contributed by atoms with Gasteiger partial charge < -0.3 is 28.4 Å². The van der Waals surface area contributed by atoms with Gasteiger partial charge in [0.05, 0.1) is 39.1 Å². The zero-order valence-electron chi connectivity index (χ0n) is 31.5. The molecule has 0 aromatic heterocycles. The summed E-state index contributed by atoms with van der Waals surface area (Å²) in [6.45, 7) is 21.1. The molecule has 0 radical (unpaired) electrons. The van der Waals surface area contributed by atoms with Gasteiger partial charge >= 0.3 is 6.09 Å². The molecule has 4 atom stereocenters. The molecule has 3 rings (SSSR count). The molecule has 1 heterocycles. The van der Waals surface area contributed by atoms with Gasteiger partial charge in [-0.25, -0.2) is 4.79 Å². The van der Waals surface area contributed by atoms with Crippen molar-refractivity contribution in [2.75, 3.05) is 34.0 Å². The summed E-state index contributed by atoms with van der Waals surface area (Å²) in [5.74, 6) is 2.72. The molecule has 270 valence electrons. The maximum atomic E-state index is 13.9. The van der Waals surface area contributed by atoms with Gasteiger partial charge in [-0.05, 0) is 101 Å². The van der Waals surface area contributed by atoms with Gasteiger partial charge in [-0.3, -0.25) is 4.90 Å². The number of benzene rings is 2. The van der Waals surface area contributed by atoms with Crippen LogP contribution in [0.15, 0.2) is 48.5 Å².